The largest absolute Gasteiger partial charge is 0.364 e. The highest BCUT2D eigenvalue weighted by Gasteiger charge is 2.19. The first-order valence-electron chi connectivity index (χ1n) is 6.33. The van der Waals surface area contributed by atoms with Gasteiger partial charge in [0.2, 0.25) is 5.91 Å². The number of aromatic amines is 1. The maximum absolute atomic E-state index is 11.8. The van der Waals surface area contributed by atoms with Crippen LogP contribution in [-0.2, 0) is 4.79 Å². The van der Waals surface area contributed by atoms with Crippen LogP contribution in [0.15, 0.2) is 17.1 Å². The first kappa shape index (κ1) is 13.3. The molecule has 1 saturated heterocycles. The molecule has 2 heterocycles. The normalized spacial score (nSPS) is 14.5. The van der Waals surface area contributed by atoms with Crippen LogP contribution in [0.5, 0.6) is 0 Å². The predicted octanol–water partition coefficient (Wildman–Crippen LogP) is 0.0355. The van der Waals surface area contributed by atoms with Crippen LogP contribution in [0.1, 0.15) is 28.9 Å². The van der Waals surface area contributed by atoms with Gasteiger partial charge in [0.15, 0.2) is 5.43 Å². The van der Waals surface area contributed by atoms with Gasteiger partial charge in [0.25, 0.3) is 5.91 Å². The fourth-order valence-corrected chi connectivity index (χ4v) is 2.08. The van der Waals surface area contributed by atoms with Crippen molar-refractivity contribution < 1.29 is 9.59 Å². The number of pyridine rings is 1. The topological polar surface area (TPSA) is 82.3 Å². The SMILES string of the molecule is Cc1cc(=O)c(C(=O)NCC(=O)N2CCCC2)c[nH]1. The van der Waals surface area contributed by atoms with Crippen LogP contribution in [0, 0.1) is 6.92 Å². The van der Waals surface area contributed by atoms with Crippen molar-refractivity contribution in [3.8, 4) is 0 Å². The molecule has 1 aromatic heterocycles. The van der Waals surface area contributed by atoms with E-state index in [9.17, 15) is 14.4 Å². The third-order valence-corrected chi connectivity index (χ3v) is 3.16. The summed E-state index contributed by atoms with van der Waals surface area (Å²) in [4.78, 5) is 39.7. The monoisotopic (exact) mass is 263 g/mol. The summed E-state index contributed by atoms with van der Waals surface area (Å²) in [5.41, 5.74) is 0.372. The number of nitrogens with zero attached hydrogens (tertiary/aromatic N) is 1. The minimum absolute atomic E-state index is 0.0276. The van der Waals surface area contributed by atoms with E-state index >= 15 is 0 Å². The van der Waals surface area contributed by atoms with E-state index in [1.54, 1.807) is 11.8 Å². The maximum Gasteiger partial charge on any atom is 0.257 e. The van der Waals surface area contributed by atoms with E-state index in [2.05, 4.69) is 10.3 Å². The zero-order chi connectivity index (χ0) is 13.8. The molecule has 0 spiro atoms. The van der Waals surface area contributed by atoms with E-state index in [0.717, 1.165) is 25.9 Å². The summed E-state index contributed by atoms with van der Waals surface area (Å²) < 4.78 is 0. The Morgan fingerprint density at radius 1 is 1.37 bits per heavy atom. The van der Waals surface area contributed by atoms with Gasteiger partial charge in [0.05, 0.1) is 6.54 Å². The van der Waals surface area contributed by atoms with Gasteiger partial charge >= 0.3 is 0 Å². The highest BCUT2D eigenvalue weighted by molar-refractivity contribution is 5.96. The van der Waals surface area contributed by atoms with Gasteiger partial charge in [-0.05, 0) is 19.8 Å². The van der Waals surface area contributed by atoms with Gasteiger partial charge < -0.3 is 15.2 Å². The van der Waals surface area contributed by atoms with Crippen molar-refractivity contribution in [2.24, 2.45) is 0 Å². The second-order valence-corrected chi connectivity index (χ2v) is 4.66. The number of H-pyrrole nitrogens is 1. The molecule has 1 aromatic rings. The van der Waals surface area contributed by atoms with E-state index < -0.39 is 5.91 Å². The summed E-state index contributed by atoms with van der Waals surface area (Å²) >= 11 is 0. The van der Waals surface area contributed by atoms with Crippen molar-refractivity contribution in [1.82, 2.24) is 15.2 Å². The number of likely N-dealkylation sites (tertiary alicyclic amines) is 1. The first-order valence-corrected chi connectivity index (χ1v) is 6.33. The van der Waals surface area contributed by atoms with Gasteiger partial charge in [-0.2, -0.15) is 0 Å². The number of hydrogen-bond donors (Lipinski definition) is 2. The lowest BCUT2D eigenvalue weighted by Crippen LogP contribution is -2.39. The van der Waals surface area contributed by atoms with E-state index in [4.69, 9.17) is 0 Å². The molecule has 0 aromatic carbocycles. The van der Waals surface area contributed by atoms with Crippen molar-refractivity contribution >= 4 is 11.8 Å². The Morgan fingerprint density at radius 3 is 2.68 bits per heavy atom. The molecule has 1 fully saturated rings. The average Bonchev–Trinajstić information content (AvgIpc) is 2.89. The van der Waals surface area contributed by atoms with Crippen molar-refractivity contribution in [1.29, 1.82) is 0 Å². The molecular formula is C13H17N3O3. The van der Waals surface area contributed by atoms with Gasteiger partial charge in [0.1, 0.15) is 5.56 Å². The number of rotatable bonds is 3. The van der Waals surface area contributed by atoms with E-state index in [-0.39, 0.29) is 23.4 Å². The minimum atomic E-state index is -0.520. The van der Waals surface area contributed by atoms with Crippen molar-refractivity contribution in [2.75, 3.05) is 19.6 Å². The third kappa shape index (κ3) is 3.21. The summed E-state index contributed by atoms with van der Waals surface area (Å²) in [5.74, 6) is -0.622. The first-order chi connectivity index (χ1) is 9.08. The van der Waals surface area contributed by atoms with E-state index in [0.29, 0.717) is 5.69 Å². The molecule has 0 aliphatic carbocycles. The molecule has 2 rings (SSSR count). The second-order valence-electron chi connectivity index (χ2n) is 4.66. The molecule has 0 atom stereocenters. The standard InChI is InChI=1S/C13H17N3O3/c1-9-6-11(17)10(7-14-9)13(19)15-8-12(18)16-4-2-3-5-16/h6-7H,2-5,8H2,1H3,(H,14,17)(H,15,19). The molecular weight excluding hydrogens is 246 g/mol. The van der Waals surface area contributed by atoms with Crippen molar-refractivity contribution in [3.05, 3.63) is 33.7 Å². The molecule has 0 bridgehead atoms. The fourth-order valence-electron chi connectivity index (χ4n) is 2.08. The Labute approximate surface area is 110 Å². The molecule has 6 heteroatoms. The summed E-state index contributed by atoms with van der Waals surface area (Å²) in [6.07, 6.45) is 3.39. The van der Waals surface area contributed by atoms with Crippen LogP contribution in [0.3, 0.4) is 0 Å². The fraction of sp³-hybridized carbons (Fsp3) is 0.462. The highest BCUT2D eigenvalue weighted by atomic mass is 16.2. The van der Waals surface area contributed by atoms with Crippen LogP contribution < -0.4 is 10.7 Å². The molecule has 1 aliphatic rings. The second kappa shape index (κ2) is 5.69. The highest BCUT2D eigenvalue weighted by Crippen LogP contribution is 2.06. The van der Waals surface area contributed by atoms with E-state index in [1.807, 2.05) is 0 Å². The summed E-state index contributed by atoms with van der Waals surface area (Å²) in [6.45, 7) is 3.17. The van der Waals surface area contributed by atoms with Gasteiger partial charge in [-0.1, -0.05) is 0 Å². The number of carbonyl (C=O) groups is 2. The number of aromatic nitrogens is 1. The third-order valence-electron chi connectivity index (χ3n) is 3.16. The lowest BCUT2D eigenvalue weighted by Gasteiger charge is -2.15. The molecule has 0 saturated carbocycles. The maximum atomic E-state index is 11.8. The van der Waals surface area contributed by atoms with Crippen molar-refractivity contribution in [3.63, 3.8) is 0 Å². The smallest absolute Gasteiger partial charge is 0.257 e. The predicted molar refractivity (Wildman–Crippen MR) is 69.9 cm³/mol. The van der Waals surface area contributed by atoms with Gasteiger partial charge in [-0.3, -0.25) is 14.4 Å². The van der Waals surface area contributed by atoms with E-state index in [1.165, 1.54) is 12.3 Å². The quantitative estimate of drug-likeness (QED) is 0.807. The molecule has 19 heavy (non-hydrogen) atoms. The lowest BCUT2D eigenvalue weighted by atomic mass is 10.2. The zero-order valence-corrected chi connectivity index (χ0v) is 10.9. The number of nitrogens with one attached hydrogen (secondary N) is 2. The Bertz CT molecular complexity index is 544. The zero-order valence-electron chi connectivity index (χ0n) is 10.9. The number of hydrogen-bond acceptors (Lipinski definition) is 3. The Kier molecular flexibility index (Phi) is 3.99. The summed E-state index contributed by atoms with van der Waals surface area (Å²) in [6, 6.07) is 1.36. The van der Waals surface area contributed by atoms with Gasteiger partial charge in [-0.25, -0.2) is 0 Å². The lowest BCUT2D eigenvalue weighted by molar-refractivity contribution is -0.129. The number of carbonyl (C=O) groups excluding carboxylic acids is 2. The Morgan fingerprint density at radius 2 is 2.05 bits per heavy atom. The molecule has 102 valence electrons. The van der Waals surface area contributed by atoms with Crippen molar-refractivity contribution in [2.45, 2.75) is 19.8 Å². The number of amides is 2. The molecule has 2 N–H and O–H groups in total. The molecule has 0 unspecified atom stereocenters. The van der Waals surface area contributed by atoms with Gasteiger partial charge in [-0.15, -0.1) is 0 Å². The van der Waals surface area contributed by atoms with Crippen LogP contribution >= 0.6 is 0 Å². The average molecular weight is 263 g/mol. The van der Waals surface area contributed by atoms with Crippen LogP contribution in [0.25, 0.3) is 0 Å². The molecule has 1 aliphatic heterocycles. The minimum Gasteiger partial charge on any atom is -0.364 e. The Balaban J connectivity index is 1.94. The molecule has 0 radical (unpaired) electrons. The molecule has 2 amide bonds. The van der Waals surface area contributed by atoms with Gasteiger partial charge in [0, 0.05) is 31.0 Å². The Hall–Kier alpha value is -2.11. The summed E-state index contributed by atoms with van der Waals surface area (Å²) in [7, 11) is 0. The summed E-state index contributed by atoms with van der Waals surface area (Å²) in [5, 5.41) is 2.49. The van der Waals surface area contributed by atoms with Crippen LogP contribution in [0.4, 0.5) is 0 Å². The molecule has 6 nitrogen and oxygen atoms in total. The van der Waals surface area contributed by atoms with Crippen LogP contribution in [-0.4, -0.2) is 41.3 Å². The van der Waals surface area contributed by atoms with Crippen LogP contribution in [0.2, 0.25) is 0 Å². The number of aryl methyl sites for hydroxylation is 1.